The van der Waals surface area contributed by atoms with Crippen molar-refractivity contribution in [3.63, 3.8) is 0 Å². The first kappa shape index (κ1) is 58.0. The Bertz CT molecular complexity index is 6360. The van der Waals surface area contributed by atoms with Gasteiger partial charge >= 0.3 is 0 Å². The highest BCUT2D eigenvalue weighted by atomic mass is 15.1. The minimum Gasteiger partial charge on any atom is -0.310 e. The topological polar surface area (TPSA) is 6.48 Å². The average molecular weight is 1280 g/mol. The first-order valence-electron chi connectivity index (χ1n) is 35.0. The van der Waals surface area contributed by atoms with E-state index in [0.717, 1.165) is 56.4 Å². The number of hydrogen-bond acceptors (Lipinski definition) is 2. The monoisotopic (exact) mass is 1280 g/mol. The predicted molar refractivity (Wildman–Crippen MR) is 429 cm³/mol. The van der Waals surface area contributed by atoms with Gasteiger partial charge in [0.1, 0.15) is 0 Å². The summed E-state index contributed by atoms with van der Waals surface area (Å²) < 4.78 is 0. The summed E-state index contributed by atoms with van der Waals surface area (Å²) in [5.74, 6) is 0. The van der Waals surface area contributed by atoms with Crippen molar-refractivity contribution in [2.45, 2.75) is 5.41 Å². The van der Waals surface area contributed by atoms with E-state index in [1.54, 1.807) is 0 Å². The molecule has 19 aromatic rings. The van der Waals surface area contributed by atoms with Crippen molar-refractivity contribution >= 4 is 120 Å². The SMILES string of the molecule is c1ccc(-c2cc(-c3ccc(-c4ccc5c(ccc6cc(N(c7ccc8c(c7)-c7ccccc7C8(c7ccccc7)c7ccccc7)c7ccc8c(ccc9ccccc98)c7)ccc65)c4)cc3)ccc2N(c2ccc3c(ccc4ccccc43)c2)c2ccc3c(ccc4ccccc43)c2)cc1. The maximum absolute atomic E-state index is 2.46. The summed E-state index contributed by atoms with van der Waals surface area (Å²) >= 11 is 0. The molecule has 470 valence electrons. The van der Waals surface area contributed by atoms with Gasteiger partial charge in [-0.05, 0) is 226 Å². The van der Waals surface area contributed by atoms with Crippen LogP contribution in [0.3, 0.4) is 0 Å². The molecule has 2 heteroatoms. The highest BCUT2D eigenvalue weighted by Gasteiger charge is 2.46. The second-order valence-electron chi connectivity index (χ2n) is 27.1. The Hall–Kier alpha value is -13.1. The van der Waals surface area contributed by atoms with Crippen LogP contribution in [-0.4, -0.2) is 0 Å². The van der Waals surface area contributed by atoms with E-state index in [1.165, 1.54) is 131 Å². The predicted octanol–water partition coefficient (Wildman–Crippen LogP) is 27.2. The second-order valence-corrected chi connectivity index (χ2v) is 27.1. The number of benzene rings is 19. The molecule has 0 unspecified atom stereocenters. The fraction of sp³-hybridized carbons (Fsp3) is 0.0101. The zero-order valence-corrected chi connectivity index (χ0v) is 55.3. The van der Waals surface area contributed by atoms with Gasteiger partial charge in [-0.1, -0.05) is 309 Å². The minimum atomic E-state index is -0.492. The van der Waals surface area contributed by atoms with Crippen molar-refractivity contribution < 1.29 is 0 Å². The van der Waals surface area contributed by atoms with Crippen molar-refractivity contribution in [1.82, 2.24) is 0 Å². The molecule has 19 aromatic carbocycles. The molecule has 0 N–H and O–H groups in total. The molecule has 0 heterocycles. The minimum absolute atomic E-state index is 0.492. The number of rotatable bonds is 11. The van der Waals surface area contributed by atoms with Crippen LogP contribution in [0.1, 0.15) is 22.3 Å². The maximum atomic E-state index is 2.46. The Morgan fingerprint density at radius 2 is 0.505 bits per heavy atom. The van der Waals surface area contributed by atoms with Gasteiger partial charge in [-0.3, -0.25) is 0 Å². The third-order valence-electron chi connectivity index (χ3n) is 21.6. The molecule has 0 atom stereocenters. The molecule has 0 radical (unpaired) electrons. The highest BCUT2D eigenvalue weighted by Crippen LogP contribution is 2.58. The number of fused-ring (bicyclic) bond motifs is 15. The van der Waals surface area contributed by atoms with Crippen LogP contribution in [-0.2, 0) is 5.41 Å². The van der Waals surface area contributed by atoms with Gasteiger partial charge in [0, 0.05) is 34.0 Å². The Kier molecular flexibility index (Phi) is 13.5. The van der Waals surface area contributed by atoms with Gasteiger partial charge in [0.05, 0.1) is 11.1 Å². The van der Waals surface area contributed by atoms with Crippen LogP contribution in [0, 0.1) is 0 Å². The van der Waals surface area contributed by atoms with Crippen LogP contribution in [0.5, 0.6) is 0 Å². The quantitative estimate of drug-likeness (QED) is 0.119. The smallest absolute Gasteiger partial charge is 0.0713 e. The molecular weight excluding hydrogens is 1220 g/mol. The molecule has 2 nitrogen and oxygen atoms in total. The van der Waals surface area contributed by atoms with Crippen LogP contribution in [0.15, 0.2) is 388 Å². The molecule has 0 aromatic heterocycles. The van der Waals surface area contributed by atoms with Gasteiger partial charge in [0.2, 0.25) is 0 Å². The number of nitrogens with zero attached hydrogens (tertiary/aromatic N) is 2. The van der Waals surface area contributed by atoms with Crippen molar-refractivity contribution in [2.75, 3.05) is 9.80 Å². The van der Waals surface area contributed by atoms with Crippen molar-refractivity contribution in [1.29, 1.82) is 0 Å². The normalized spacial score (nSPS) is 12.4. The van der Waals surface area contributed by atoms with E-state index in [2.05, 4.69) is 398 Å². The molecule has 0 fully saturated rings. The zero-order valence-electron chi connectivity index (χ0n) is 55.3. The maximum Gasteiger partial charge on any atom is 0.0713 e. The molecular formula is C99H64N2. The molecule has 0 saturated heterocycles. The van der Waals surface area contributed by atoms with Gasteiger partial charge in [-0.2, -0.15) is 0 Å². The van der Waals surface area contributed by atoms with E-state index in [9.17, 15) is 0 Å². The van der Waals surface area contributed by atoms with E-state index < -0.39 is 5.41 Å². The standard InChI is InChI=1S/C99H64N2/c1-4-18-67(19-5-1)94-63-72(45-57-98(94)101(82-48-54-90-75(61-82)40-37-69-21-11-14-28-86(69)90)83-49-55-91-76(62-83)41-38-70-22-12-15-29-87(70)91)66-34-32-65(33-35-66)71-44-51-88-73(58-71)42-43-77-60-81(47-53-92(77)88)100(80-46-52-89-74(59-80)39-36-68-20-10-13-27-85(68)89)84-50-56-97-95(64-84)93-30-16-17-31-96(93)99(97,78-23-6-2-7-24-78)79-25-8-3-9-26-79/h1-64H. The first-order chi connectivity index (χ1) is 50.0. The Morgan fingerprint density at radius 1 is 0.168 bits per heavy atom. The average Bonchev–Trinajstić information content (AvgIpc) is 1.54. The lowest BCUT2D eigenvalue weighted by Crippen LogP contribution is -2.28. The molecule has 1 aliphatic carbocycles. The van der Waals surface area contributed by atoms with E-state index in [4.69, 9.17) is 0 Å². The lowest BCUT2D eigenvalue weighted by molar-refractivity contribution is 0.768. The van der Waals surface area contributed by atoms with Gasteiger partial charge < -0.3 is 9.80 Å². The summed E-state index contributed by atoms with van der Waals surface area (Å²) in [5.41, 5.74) is 20.7. The second kappa shape index (κ2) is 23.6. The molecule has 0 saturated carbocycles. The highest BCUT2D eigenvalue weighted by molar-refractivity contribution is 6.13. The van der Waals surface area contributed by atoms with Crippen molar-refractivity contribution in [3.8, 4) is 44.5 Å². The number of hydrogen-bond donors (Lipinski definition) is 0. The Morgan fingerprint density at radius 3 is 1.00 bits per heavy atom. The molecule has 0 amide bonds. The zero-order chi connectivity index (χ0) is 66.5. The molecule has 1 aliphatic rings. The van der Waals surface area contributed by atoms with Crippen LogP contribution < -0.4 is 9.80 Å². The lowest BCUT2D eigenvalue weighted by atomic mass is 9.68. The van der Waals surface area contributed by atoms with E-state index in [1.807, 2.05) is 0 Å². The lowest BCUT2D eigenvalue weighted by Gasteiger charge is -2.34. The summed E-state index contributed by atoms with van der Waals surface area (Å²) in [7, 11) is 0. The van der Waals surface area contributed by atoms with Crippen LogP contribution >= 0.6 is 0 Å². The molecule has 0 bridgehead atoms. The fourth-order valence-electron chi connectivity index (χ4n) is 16.9. The molecule has 0 aliphatic heterocycles. The van der Waals surface area contributed by atoms with Crippen LogP contribution in [0.4, 0.5) is 34.1 Å². The van der Waals surface area contributed by atoms with Crippen molar-refractivity contribution in [2.24, 2.45) is 0 Å². The van der Waals surface area contributed by atoms with Gasteiger partial charge in [0.25, 0.3) is 0 Å². The summed E-state index contributed by atoms with van der Waals surface area (Å²) in [5, 5.41) is 19.7. The summed E-state index contributed by atoms with van der Waals surface area (Å²) in [6, 6.07) is 145. The molecule has 0 spiro atoms. The molecule has 20 rings (SSSR count). The Labute approximate surface area is 586 Å². The van der Waals surface area contributed by atoms with Gasteiger partial charge in [-0.15, -0.1) is 0 Å². The molecule has 101 heavy (non-hydrogen) atoms. The van der Waals surface area contributed by atoms with E-state index >= 15 is 0 Å². The van der Waals surface area contributed by atoms with E-state index in [0.29, 0.717) is 0 Å². The van der Waals surface area contributed by atoms with E-state index in [-0.39, 0.29) is 0 Å². The van der Waals surface area contributed by atoms with Gasteiger partial charge in [0.15, 0.2) is 0 Å². The largest absolute Gasteiger partial charge is 0.310 e. The summed E-state index contributed by atoms with van der Waals surface area (Å²) in [6.45, 7) is 0. The fourth-order valence-corrected chi connectivity index (χ4v) is 16.9. The number of anilines is 6. The van der Waals surface area contributed by atoms with Crippen molar-refractivity contribution in [3.05, 3.63) is 411 Å². The summed E-state index contributed by atoms with van der Waals surface area (Å²) in [6.07, 6.45) is 0. The first-order valence-corrected chi connectivity index (χ1v) is 35.0. The van der Waals surface area contributed by atoms with Gasteiger partial charge in [-0.25, -0.2) is 0 Å². The van der Waals surface area contributed by atoms with Crippen LogP contribution in [0.2, 0.25) is 0 Å². The summed E-state index contributed by atoms with van der Waals surface area (Å²) in [4.78, 5) is 4.92. The third kappa shape index (κ3) is 9.55. The Balaban J connectivity index is 0.661. The third-order valence-corrected chi connectivity index (χ3v) is 21.6. The van der Waals surface area contributed by atoms with Crippen LogP contribution in [0.25, 0.3) is 131 Å².